The Kier molecular flexibility index (Phi) is 2.92. The number of allylic oxidation sites excluding steroid dienone is 2. The van der Waals surface area contributed by atoms with E-state index in [1.54, 1.807) is 0 Å². The lowest BCUT2D eigenvalue weighted by molar-refractivity contribution is -0.104. The lowest BCUT2D eigenvalue weighted by atomic mass is 10.4. The van der Waals surface area contributed by atoms with Crippen molar-refractivity contribution in [3.05, 3.63) is 11.8 Å². The largest absolute Gasteiger partial charge is 0.381 e. The molecular weight excluding hydrogens is 102 g/mol. The summed E-state index contributed by atoms with van der Waals surface area (Å²) in [6.07, 6.45) is 2.31. The van der Waals surface area contributed by atoms with Gasteiger partial charge in [-0.1, -0.05) is 0 Å². The van der Waals surface area contributed by atoms with E-state index in [1.165, 1.54) is 6.08 Å². The summed E-state index contributed by atoms with van der Waals surface area (Å²) in [6, 6.07) is 0. The highest BCUT2D eigenvalue weighted by Gasteiger charge is 1.85. The molecule has 0 spiro atoms. The first-order chi connectivity index (χ1) is 3.68. The zero-order chi connectivity index (χ0) is 6.57. The minimum Gasteiger partial charge on any atom is -0.381 e. The molecule has 0 rings (SSSR count). The van der Waals surface area contributed by atoms with Crippen molar-refractivity contribution in [2.75, 3.05) is 14.1 Å². The highest BCUT2D eigenvalue weighted by molar-refractivity contribution is 5.65. The van der Waals surface area contributed by atoms with Crippen molar-refractivity contribution in [2.24, 2.45) is 0 Å². The number of rotatable bonds is 2. The Morgan fingerprint density at radius 1 is 1.50 bits per heavy atom. The van der Waals surface area contributed by atoms with Gasteiger partial charge in [0.1, 0.15) is 6.29 Å². The van der Waals surface area contributed by atoms with Crippen LogP contribution in [0, 0.1) is 0 Å². The average Bonchev–Trinajstić information content (AvgIpc) is 1.67. The lowest BCUT2D eigenvalue weighted by Gasteiger charge is -2.09. The van der Waals surface area contributed by atoms with E-state index in [4.69, 9.17) is 0 Å². The molecule has 0 atom stereocenters. The summed E-state index contributed by atoms with van der Waals surface area (Å²) in [5.74, 6) is 0. The van der Waals surface area contributed by atoms with Gasteiger partial charge in [-0.3, -0.25) is 4.79 Å². The third kappa shape index (κ3) is 2.39. The normalized spacial score (nSPS) is 11.1. The number of carbonyl (C=O) groups is 1. The molecule has 0 N–H and O–H groups in total. The Morgan fingerprint density at radius 2 is 2.00 bits per heavy atom. The Morgan fingerprint density at radius 3 is 2.12 bits per heavy atom. The Hall–Kier alpha value is -0.790. The maximum absolute atomic E-state index is 9.82. The van der Waals surface area contributed by atoms with Crippen LogP contribution in [0.4, 0.5) is 0 Å². The molecule has 0 aliphatic rings. The van der Waals surface area contributed by atoms with Crippen LogP contribution >= 0.6 is 0 Å². The van der Waals surface area contributed by atoms with Crippen LogP contribution in [-0.4, -0.2) is 25.3 Å². The van der Waals surface area contributed by atoms with Crippen LogP contribution in [0.5, 0.6) is 0 Å². The molecule has 0 aliphatic heterocycles. The summed E-state index contributed by atoms with van der Waals surface area (Å²) in [6.45, 7) is 1.88. The summed E-state index contributed by atoms with van der Waals surface area (Å²) in [5, 5.41) is 0. The van der Waals surface area contributed by atoms with Gasteiger partial charge in [0, 0.05) is 19.8 Å². The van der Waals surface area contributed by atoms with Crippen molar-refractivity contribution in [1.29, 1.82) is 0 Å². The molecule has 0 amide bonds. The molecule has 2 heteroatoms. The summed E-state index contributed by atoms with van der Waals surface area (Å²) < 4.78 is 0. The quantitative estimate of drug-likeness (QED) is 0.387. The van der Waals surface area contributed by atoms with Crippen LogP contribution in [0.15, 0.2) is 11.8 Å². The van der Waals surface area contributed by atoms with Crippen molar-refractivity contribution < 1.29 is 4.79 Å². The van der Waals surface area contributed by atoms with Crippen molar-refractivity contribution >= 4 is 6.29 Å². The third-order valence-electron chi connectivity index (χ3n) is 1.01. The molecule has 0 heterocycles. The average molecular weight is 113 g/mol. The molecule has 0 radical (unpaired) electrons. The van der Waals surface area contributed by atoms with Crippen molar-refractivity contribution in [3.8, 4) is 0 Å². The summed E-state index contributed by atoms with van der Waals surface area (Å²) >= 11 is 0. The van der Waals surface area contributed by atoms with E-state index in [2.05, 4.69) is 0 Å². The second-order valence-electron chi connectivity index (χ2n) is 1.84. The van der Waals surface area contributed by atoms with E-state index in [0.29, 0.717) is 0 Å². The van der Waals surface area contributed by atoms with Gasteiger partial charge in [0.05, 0.1) is 0 Å². The van der Waals surface area contributed by atoms with Crippen molar-refractivity contribution in [2.45, 2.75) is 6.92 Å². The number of aldehydes is 1. The Labute approximate surface area is 49.8 Å². The maximum Gasteiger partial charge on any atom is 0.144 e. The number of nitrogens with zero attached hydrogens (tertiary/aromatic N) is 1. The molecule has 0 aromatic carbocycles. The first kappa shape index (κ1) is 7.21. The number of carbonyl (C=O) groups excluding carboxylic acids is 1. The van der Waals surface area contributed by atoms with Gasteiger partial charge in [-0.15, -0.1) is 0 Å². The minimum absolute atomic E-state index is 0.787. The molecule has 0 aromatic rings. The second-order valence-corrected chi connectivity index (χ2v) is 1.84. The molecule has 46 valence electrons. The third-order valence-corrected chi connectivity index (χ3v) is 1.01. The fourth-order valence-corrected chi connectivity index (χ4v) is 0.248. The van der Waals surface area contributed by atoms with Gasteiger partial charge in [0.15, 0.2) is 0 Å². The highest BCUT2D eigenvalue weighted by atomic mass is 16.1. The van der Waals surface area contributed by atoms with Crippen LogP contribution in [0.1, 0.15) is 6.92 Å². The number of hydrogen-bond acceptors (Lipinski definition) is 2. The van der Waals surface area contributed by atoms with Crippen LogP contribution < -0.4 is 0 Å². The zero-order valence-corrected chi connectivity index (χ0v) is 5.51. The van der Waals surface area contributed by atoms with Gasteiger partial charge in [0.2, 0.25) is 0 Å². The Bertz CT molecular complexity index is 105. The fourth-order valence-electron chi connectivity index (χ4n) is 0.248. The van der Waals surface area contributed by atoms with E-state index >= 15 is 0 Å². The lowest BCUT2D eigenvalue weighted by Crippen LogP contribution is -2.07. The van der Waals surface area contributed by atoms with E-state index in [0.717, 1.165) is 12.0 Å². The van der Waals surface area contributed by atoms with Crippen LogP contribution in [-0.2, 0) is 4.79 Å². The summed E-state index contributed by atoms with van der Waals surface area (Å²) in [5.41, 5.74) is 0.972. The van der Waals surface area contributed by atoms with E-state index in [-0.39, 0.29) is 0 Å². The highest BCUT2D eigenvalue weighted by Crippen LogP contribution is 1.91. The van der Waals surface area contributed by atoms with E-state index in [9.17, 15) is 4.79 Å². The van der Waals surface area contributed by atoms with Crippen LogP contribution in [0.2, 0.25) is 0 Å². The summed E-state index contributed by atoms with van der Waals surface area (Å²) in [4.78, 5) is 11.7. The van der Waals surface area contributed by atoms with Crippen LogP contribution in [0.3, 0.4) is 0 Å². The summed E-state index contributed by atoms with van der Waals surface area (Å²) in [7, 11) is 3.80. The number of hydrogen-bond donors (Lipinski definition) is 0. The maximum atomic E-state index is 9.82. The molecule has 0 unspecified atom stereocenters. The van der Waals surface area contributed by atoms with Gasteiger partial charge in [0.25, 0.3) is 0 Å². The predicted octanol–water partition coefficient (Wildman–Crippen LogP) is 0.651. The fraction of sp³-hybridized carbons (Fsp3) is 0.500. The van der Waals surface area contributed by atoms with Crippen LogP contribution in [0.25, 0.3) is 0 Å². The SMILES string of the molecule is CC(=CC=O)N(C)C. The molecule has 0 bridgehead atoms. The zero-order valence-electron chi connectivity index (χ0n) is 5.51. The van der Waals surface area contributed by atoms with Gasteiger partial charge < -0.3 is 4.90 Å². The van der Waals surface area contributed by atoms with Crippen molar-refractivity contribution in [1.82, 2.24) is 4.90 Å². The molecule has 0 aromatic heterocycles. The second kappa shape index (κ2) is 3.24. The van der Waals surface area contributed by atoms with Gasteiger partial charge >= 0.3 is 0 Å². The first-order valence-corrected chi connectivity index (χ1v) is 2.48. The molecular formula is C6H11NO. The smallest absolute Gasteiger partial charge is 0.144 e. The topological polar surface area (TPSA) is 20.3 Å². The predicted molar refractivity (Wildman–Crippen MR) is 33.5 cm³/mol. The van der Waals surface area contributed by atoms with Gasteiger partial charge in [-0.05, 0) is 13.0 Å². The monoisotopic (exact) mass is 113 g/mol. The molecule has 2 nitrogen and oxygen atoms in total. The first-order valence-electron chi connectivity index (χ1n) is 2.48. The molecule has 0 fully saturated rings. The molecule has 8 heavy (non-hydrogen) atoms. The Balaban J connectivity index is 3.78. The van der Waals surface area contributed by atoms with Crippen molar-refractivity contribution in [3.63, 3.8) is 0 Å². The van der Waals surface area contributed by atoms with Gasteiger partial charge in [-0.2, -0.15) is 0 Å². The van der Waals surface area contributed by atoms with E-state index in [1.807, 2.05) is 25.9 Å². The van der Waals surface area contributed by atoms with E-state index < -0.39 is 0 Å². The van der Waals surface area contributed by atoms with Gasteiger partial charge in [-0.25, -0.2) is 0 Å². The standard InChI is InChI=1S/C6H11NO/c1-6(4-5-8)7(2)3/h4-5H,1-3H3. The molecule has 0 aliphatic carbocycles. The molecule has 0 saturated heterocycles. The minimum atomic E-state index is 0.787. The molecule has 0 saturated carbocycles.